The Morgan fingerprint density at radius 1 is 0.429 bits per heavy atom. The van der Waals surface area contributed by atoms with Crippen LogP contribution in [-0.2, 0) is 23.8 Å². The Hall–Kier alpha value is -11.6. The van der Waals surface area contributed by atoms with Crippen molar-refractivity contribution in [2.75, 3.05) is 33.9 Å². The smallest absolute Gasteiger partial charge is 0.411 e. The highest BCUT2D eigenvalue weighted by Gasteiger charge is 2.39. The second-order valence-corrected chi connectivity index (χ2v) is 29.7. The number of ether oxygens (including phenoxy) is 3. The number of amides is 5. The third-order valence-corrected chi connectivity index (χ3v) is 19.8. The molecule has 6 N–H and O–H groups in total. The second-order valence-electron chi connectivity index (χ2n) is 29.7. The van der Waals surface area contributed by atoms with Crippen molar-refractivity contribution in [1.82, 2.24) is 65.2 Å². The number of carbonyl (C=O) groups excluding carboxylic acids is 5. The Morgan fingerprint density at radius 2 is 0.752 bits per heavy atom. The molecule has 5 amide bonds. The number of methoxy groups -OCH3 is 2. The van der Waals surface area contributed by atoms with Gasteiger partial charge in [0.2, 0.25) is 11.8 Å². The van der Waals surface area contributed by atoms with Crippen LogP contribution in [0.1, 0.15) is 136 Å². The first-order chi connectivity index (χ1) is 50.3. The number of nitrogens with one attached hydrogen (secondary N) is 6. The Balaban J connectivity index is 0.000000194. The molecule has 4 aromatic heterocycles. The number of carbonyl (C=O) groups is 5. The first-order valence-electron chi connectivity index (χ1n) is 35.8. The van der Waals surface area contributed by atoms with Gasteiger partial charge in [-0.1, -0.05) is 171 Å². The van der Waals surface area contributed by atoms with E-state index in [2.05, 4.69) is 186 Å². The maximum absolute atomic E-state index is 13.7. The van der Waals surface area contributed by atoms with Gasteiger partial charge < -0.3 is 54.6 Å². The number of hydrogen-bond acceptors (Lipinski definition) is 12. The van der Waals surface area contributed by atoms with E-state index < -0.39 is 42.0 Å². The number of nitrogens with zero attached hydrogens (tertiary/aromatic N) is 7. The molecular weight excluding hydrogens is 1320 g/mol. The summed E-state index contributed by atoms with van der Waals surface area (Å²) in [5, 5.41) is 9.93. The summed E-state index contributed by atoms with van der Waals surface area (Å²) in [5.41, 5.74) is 16.3. The van der Waals surface area contributed by atoms with E-state index >= 15 is 0 Å². The van der Waals surface area contributed by atoms with Gasteiger partial charge in [0.25, 0.3) is 0 Å². The monoisotopic (exact) mass is 1410 g/mol. The summed E-state index contributed by atoms with van der Waals surface area (Å²) >= 11 is 0. The SMILES string of the molecule is CC1=C[C@@H](c2ncc(-c3ccc4cc(-c5ccc(-c6cnc([C@@H]7C=C(C)CN7C(=O)OC(C)(C)C)[nH]6)cc5)ccc4c3)[nH]2)CC1.COC(=O)N[C@H](C(=O)N1CC(C)=C[C@H]1c1ncc(-c2ccc(-c3ccc4cc(-c5cnc([C@@H]6C=C(C)CN6C(=O)[C@@H](NC(=O)OC)C(C)C)[nH]5)ccc4c3)cc2)[nH]1)C(C)C. The fraction of sp³-hybridized carbons (Fsp3) is 0.321. The van der Waals surface area contributed by atoms with Crippen LogP contribution in [0.15, 0.2) is 193 Å². The van der Waals surface area contributed by atoms with E-state index in [0.717, 1.165) is 114 Å². The van der Waals surface area contributed by atoms with Gasteiger partial charge in [0.1, 0.15) is 59.1 Å². The number of imidazole rings is 4. The second kappa shape index (κ2) is 30.0. The van der Waals surface area contributed by atoms with Crippen LogP contribution in [-0.4, -0.2) is 136 Å². The molecule has 0 saturated heterocycles. The van der Waals surface area contributed by atoms with Gasteiger partial charge in [-0.3, -0.25) is 14.5 Å². The van der Waals surface area contributed by atoms with Gasteiger partial charge in [0.05, 0.1) is 61.8 Å². The van der Waals surface area contributed by atoms with Gasteiger partial charge in [-0.15, -0.1) is 0 Å². The van der Waals surface area contributed by atoms with Gasteiger partial charge in [0, 0.05) is 36.7 Å². The van der Waals surface area contributed by atoms with Crippen LogP contribution < -0.4 is 10.6 Å². The van der Waals surface area contributed by atoms with Crippen molar-refractivity contribution in [2.24, 2.45) is 11.8 Å². The van der Waals surface area contributed by atoms with E-state index in [-0.39, 0.29) is 35.8 Å². The number of aromatic nitrogens is 8. The van der Waals surface area contributed by atoms with Crippen LogP contribution in [0, 0.1) is 11.8 Å². The molecule has 0 radical (unpaired) electrons. The van der Waals surface area contributed by atoms with E-state index in [1.807, 2.05) is 93.8 Å². The van der Waals surface area contributed by atoms with E-state index in [4.69, 9.17) is 19.2 Å². The van der Waals surface area contributed by atoms with Crippen molar-refractivity contribution < 1.29 is 38.2 Å². The fourth-order valence-electron chi connectivity index (χ4n) is 14.3. The normalized spacial score (nSPS) is 17.8. The number of rotatable bonds is 16. The molecule has 7 heterocycles. The van der Waals surface area contributed by atoms with E-state index in [0.29, 0.717) is 37.2 Å². The van der Waals surface area contributed by atoms with Crippen LogP contribution >= 0.6 is 0 Å². The molecular formula is C84H91N13O8. The van der Waals surface area contributed by atoms with E-state index in [9.17, 15) is 24.0 Å². The first kappa shape index (κ1) is 71.8. The number of hydrogen-bond donors (Lipinski definition) is 6. The van der Waals surface area contributed by atoms with Crippen LogP contribution in [0.25, 0.3) is 88.8 Å². The third-order valence-electron chi connectivity index (χ3n) is 19.8. The summed E-state index contributed by atoms with van der Waals surface area (Å²) in [7, 11) is 2.57. The zero-order valence-corrected chi connectivity index (χ0v) is 61.7. The Bertz CT molecular complexity index is 5060. The van der Waals surface area contributed by atoms with Gasteiger partial charge in [0.15, 0.2) is 0 Å². The van der Waals surface area contributed by atoms with Crippen molar-refractivity contribution in [3.8, 4) is 67.3 Å². The summed E-state index contributed by atoms with van der Waals surface area (Å²) in [5.74, 6) is 2.80. The first-order valence-corrected chi connectivity index (χ1v) is 35.8. The van der Waals surface area contributed by atoms with Gasteiger partial charge in [-0.25, -0.2) is 34.3 Å². The molecule has 0 spiro atoms. The number of alkyl carbamates (subject to hydrolysis) is 2. The molecule has 4 aliphatic rings. The van der Waals surface area contributed by atoms with Crippen molar-refractivity contribution in [3.05, 3.63) is 216 Å². The predicted molar refractivity (Wildman–Crippen MR) is 409 cm³/mol. The van der Waals surface area contributed by atoms with E-state index in [1.165, 1.54) is 36.1 Å². The van der Waals surface area contributed by atoms with Crippen molar-refractivity contribution in [3.63, 3.8) is 0 Å². The van der Waals surface area contributed by atoms with Crippen molar-refractivity contribution in [1.29, 1.82) is 0 Å². The Labute approximate surface area is 611 Å². The number of allylic oxidation sites excluding steroid dienone is 2. The number of benzene rings is 6. The molecule has 0 bridgehead atoms. The molecule has 10 aromatic rings. The van der Waals surface area contributed by atoms with E-state index in [1.54, 1.807) is 27.1 Å². The highest BCUT2D eigenvalue weighted by atomic mass is 16.6. The number of fused-ring (bicyclic) bond motifs is 2. The Kier molecular flexibility index (Phi) is 20.5. The fourth-order valence-corrected chi connectivity index (χ4v) is 14.3. The van der Waals surface area contributed by atoms with Gasteiger partial charge in [-0.2, -0.15) is 0 Å². The maximum Gasteiger partial charge on any atom is 0.411 e. The molecule has 1 aliphatic carbocycles. The summed E-state index contributed by atoms with van der Waals surface area (Å²) in [4.78, 5) is 102. The summed E-state index contributed by atoms with van der Waals surface area (Å²) < 4.78 is 15.2. The van der Waals surface area contributed by atoms with Crippen LogP contribution in [0.4, 0.5) is 14.4 Å². The molecule has 6 aromatic carbocycles. The van der Waals surface area contributed by atoms with Crippen LogP contribution in [0.2, 0.25) is 0 Å². The third kappa shape index (κ3) is 15.8. The number of H-pyrrole nitrogens is 4. The molecule has 105 heavy (non-hydrogen) atoms. The van der Waals surface area contributed by atoms with Gasteiger partial charge >= 0.3 is 18.3 Å². The van der Waals surface area contributed by atoms with Gasteiger partial charge in [-0.05, 0) is 152 Å². The maximum atomic E-state index is 13.7. The predicted octanol–water partition coefficient (Wildman–Crippen LogP) is 17.1. The largest absolute Gasteiger partial charge is 0.453 e. The molecule has 14 rings (SSSR count). The topological polar surface area (TPSA) is 262 Å². The van der Waals surface area contributed by atoms with Crippen LogP contribution in [0.5, 0.6) is 0 Å². The highest BCUT2D eigenvalue weighted by molar-refractivity contribution is 5.93. The molecule has 540 valence electrons. The zero-order chi connectivity index (χ0) is 74.1. The average molecular weight is 1410 g/mol. The van der Waals surface area contributed by atoms with Crippen molar-refractivity contribution >= 4 is 51.6 Å². The molecule has 21 heteroatoms. The van der Waals surface area contributed by atoms with Crippen LogP contribution in [0.3, 0.4) is 0 Å². The molecule has 6 atom stereocenters. The minimum absolute atomic E-state index is 0.138. The molecule has 21 nitrogen and oxygen atoms in total. The summed E-state index contributed by atoms with van der Waals surface area (Å²) in [6.07, 6.45) is 16.5. The van der Waals surface area contributed by atoms with Crippen molar-refractivity contribution in [2.45, 2.75) is 131 Å². The lowest BCUT2D eigenvalue weighted by molar-refractivity contribution is -0.135. The summed E-state index contributed by atoms with van der Waals surface area (Å²) in [6, 6.07) is 40.1. The summed E-state index contributed by atoms with van der Waals surface area (Å²) in [6.45, 7) is 22.8. The molecule has 3 aliphatic heterocycles. The zero-order valence-electron chi connectivity index (χ0n) is 61.7. The quantitative estimate of drug-likeness (QED) is 0.0390. The lowest BCUT2D eigenvalue weighted by Crippen LogP contribution is -2.51. The average Bonchev–Trinajstić information content (AvgIpc) is 1.72. The molecule has 0 saturated carbocycles. The minimum atomic E-state index is -0.736. The minimum Gasteiger partial charge on any atom is -0.453 e. The standard InChI is InChI=1S/C46H52N8O6.C38H39N5O2/c1-25(2)39(51-45(57)59-7)43(55)53-23-27(5)17-37(53)41-47-21-35(49-41)30-11-9-29(10-12-30)31-13-14-33-20-34(16-15-32(33)19-31)36-22-48-42(50-36)38-18-28(6)24-54(38)44(56)40(26(3)4)52-46(58)60-8;1-23-6-7-31(16-23)35-39-21-33(41-35)30-15-14-28-18-27(12-13-29(28)19-30)25-8-10-26(11-9-25)32-20-40-36(42-32)34-17-24(2)22-43(34)37(44)45-38(3,4)5/h9-22,25-26,37-40H,23-24H2,1-8H3,(H,47,49)(H,48,50)(H,51,57)(H,52,58);8-21,31,34H,6-7,22H2,1-5H3,(H,39,41)(H,40,42)/t37-,38-,39-,40-;31-,34-/m00/s1. The molecule has 0 unspecified atom stereocenters. The molecule has 0 fully saturated rings. The lowest BCUT2D eigenvalue weighted by atomic mass is 9.98. The number of aromatic amines is 4. The highest BCUT2D eigenvalue weighted by Crippen LogP contribution is 2.39. The Morgan fingerprint density at radius 3 is 1.11 bits per heavy atom. The lowest BCUT2D eigenvalue weighted by Gasteiger charge is -2.30.